The van der Waals surface area contributed by atoms with Crippen molar-refractivity contribution in [3.05, 3.63) is 199 Å². The van der Waals surface area contributed by atoms with Crippen molar-refractivity contribution < 1.29 is 0 Å². The highest BCUT2D eigenvalue weighted by Gasteiger charge is 2.25. The Bertz CT molecular complexity index is 3800. The second-order valence-corrected chi connectivity index (χ2v) is 15.9. The van der Waals surface area contributed by atoms with Crippen LogP contribution in [-0.2, 0) is 0 Å². The molecule has 13 rings (SSSR count). The Labute approximate surface area is 349 Å². The second-order valence-electron chi connectivity index (χ2n) is 15.9. The number of nitriles is 2. The SMILES string of the molecule is N#Cc1cc2c(cc1-c1cccc3c4ccccc4n(-c4ccccc4)c13)c1cccc3c4cc(-c5cccc6c7ccccc7n(-c7ccccc7)c56)c(C#N)cc4n2c13. The zero-order valence-corrected chi connectivity index (χ0v) is 32.6. The van der Waals surface area contributed by atoms with Gasteiger partial charge in [0.2, 0.25) is 0 Å². The molecule has 0 unspecified atom stereocenters. The van der Waals surface area contributed by atoms with Crippen molar-refractivity contribution in [1.82, 2.24) is 13.5 Å². The smallest absolute Gasteiger partial charge is 0.0998 e. The van der Waals surface area contributed by atoms with Crippen LogP contribution in [0.4, 0.5) is 0 Å². The first-order valence-electron chi connectivity index (χ1n) is 20.5. The zero-order chi connectivity index (χ0) is 40.3. The summed E-state index contributed by atoms with van der Waals surface area (Å²) in [7, 11) is 0. The molecule has 0 aliphatic heterocycles. The van der Waals surface area contributed by atoms with E-state index in [-0.39, 0.29) is 0 Å². The Morgan fingerprint density at radius 1 is 0.295 bits per heavy atom. The van der Waals surface area contributed by atoms with E-state index in [4.69, 9.17) is 0 Å². The third-order valence-corrected chi connectivity index (χ3v) is 12.8. The maximum Gasteiger partial charge on any atom is 0.0998 e. The molecule has 0 saturated carbocycles. The van der Waals surface area contributed by atoms with Crippen molar-refractivity contribution in [2.75, 3.05) is 0 Å². The molecular formula is C56H31N5. The van der Waals surface area contributed by atoms with Gasteiger partial charge in [0, 0.05) is 76.7 Å². The van der Waals surface area contributed by atoms with Crippen molar-refractivity contribution >= 4 is 81.7 Å². The standard InChI is InChI=1S/C56H31N5/c57-32-34-28-52-48(30-46(34)42-22-11-20-40-38-18-7-9-26-50(38)59(54(40)42)36-14-3-1-4-15-36)44-24-13-25-45-49-31-47(35(33-58)29-53(49)61(52)56(44)45)43-23-12-21-41-39-19-8-10-27-51(39)60(55(41)43)37-16-5-2-6-17-37/h1-31H. The van der Waals surface area contributed by atoms with Crippen LogP contribution in [0.2, 0.25) is 0 Å². The molecule has 0 bridgehead atoms. The van der Waals surface area contributed by atoms with Gasteiger partial charge in [-0.1, -0.05) is 127 Å². The van der Waals surface area contributed by atoms with E-state index < -0.39 is 0 Å². The molecule has 0 aliphatic carbocycles. The largest absolute Gasteiger partial charge is 0.309 e. The molecule has 9 aromatic carbocycles. The molecule has 0 spiro atoms. The van der Waals surface area contributed by atoms with Crippen LogP contribution in [-0.4, -0.2) is 13.5 Å². The Hall–Kier alpha value is -8.64. The van der Waals surface area contributed by atoms with Crippen molar-refractivity contribution in [3.8, 4) is 45.8 Å². The topological polar surface area (TPSA) is 61.8 Å². The van der Waals surface area contributed by atoms with E-state index in [0.717, 1.165) is 105 Å². The molecule has 4 aromatic heterocycles. The summed E-state index contributed by atoms with van der Waals surface area (Å²) in [5.74, 6) is 0. The third kappa shape index (κ3) is 4.47. The number of rotatable bonds is 4. The van der Waals surface area contributed by atoms with Crippen LogP contribution >= 0.6 is 0 Å². The summed E-state index contributed by atoms with van der Waals surface area (Å²) < 4.78 is 6.92. The van der Waals surface area contributed by atoms with E-state index in [0.29, 0.717) is 11.1 Å². The Balaban J connectivity index is 1.09. The minimum absolute atomic E-state index is 0.594. The van der Waals surface area contributed by atoms with Crippen LogP contribution in [0.5, 0.6) is 0 Å². The average molecular weight is 774 g/mol. The van der Waals surface area contributed by atoms with Crippen molar-refractivity contribution in [2.45, 2.75) is 0 Å². The molecule has 0 saturated heterocycles. The summed E-state index contributed by atoms with van der Waals surface area (Å²) in [4.78, 5) is 0. The molecule has 280 valence electrons. The predicted molar refractivity (Wildman–Crippen MR) is 250 cm³/mol. The number of nitrogens with zero attached hydrogens (tertiary/aromatic N) is 5. The van der Waals surface area contributed by atoms with Gasteiger partial charge in [-0.05, 0) is 60.7 Å². The molecule has 61 heavy (non-hydrogen) atoms. The Morgan fingerprint density at radius 3 is 1.11 bits per heavy atom. The van der Waals surface area contributed by atoms with E-state index in [2.05, 4.69) is 202 Å². The predicted octanol–water partition coefficient (Wildman–Crippen LogP) is 14.1. The monoisotopic (exact) mass is 773 g/mol. The molecule has 0 amide bonds. The molecular weight excluding hydrogens is 743 g/mol. The number of benzene rings is 9. The van der Waals surface area contributed by atoms with Crippen molar-refractivity contribution in [1.29, 1.82) is 10.5 Å². The van der Waals surface area contributed by atoms with Crippen LogP contribution in [0.1, 0.15) is 11.1 Å². The van der Waals surface area contributed by atoms with Gasteiger partial charge in [-0.15, -0.1) is 0 Å². The summed E-state index contributed by atoms with van der Waals surface area (Å²) in [6, 6.07) is 71.1. The highest BCUT2D eigenvalue weighted by atomic mass is 15.0. The molecule has 0 atom stereocenters. The van der Waals surface area contributed by atoms with Gasteiger partial charge in [0.15, 0.2) is 0 Å². The maximum atomic E-state index is 11.0. The fraction of sp³-hybridized carbons (Fsp3) is 0. The second kappa shape index (κ2) is 12.4. The van der Waals surface area contributed by atoms with E-state index in [9.17, 15) is 10.5 Å². The summed E-state index contributed by atoms with van der Waals surface area (Å²) in [5.41, 5.74) is 14.5. The van der Waals surface area contributed by atoms with Gasteiger partial charge >= 0.3 is 0 Å². The van der Waals surface area contributed by atoms with Gasteiger partial charge < -0.3 is 13.5 Å². The molecule has 5 heteroatoms. The van der Waals surface area contributed by atoms with E-state index in [1.165, 1.54) is 10.8 Å². The van der Waals surface area contributed by atoms with Crippen LogP contribution < -0.4 is 0 Å². The minimum Gasteiger partial charge on any atom is -0.309 e. The van der Waals surface area contributed by atoms with Gasteiger partial charge in [-0.3, -0.25) is 0 Å². The summed E-state index contributed by atoms with van der Waals surface area (Å²) in [5, 5.41) is 30.9. The van der Waals surface area contributed by atoms with Crippen molar-refractivity contribution in [2.24, 2.45) is 0 Å². The summed E-state index contributed by atoms with van der Waals surface area (Å²) in [6.45, 7) is 0. The van der Waals surface area contributed by atoms with Gasteiger partial charge in [-0.25, -0.2) is 0 Å². The van der Waals surface area contributed by atoms with Gasteiger partial charge in [-0.2, -0.15) is 10.5 Å². The van der Waals surface area contributed by atoms with Gasteiger partial charge in [0.1, 0.15) is 0 Å². The molecule has 4 heterocycles. The van der Waals surface area contributed by atoms with Crippen molar-refractivity contribution in [3.63, 3.8) is 0 Å². The zero-order valence-electron chi connectivity index (χ0n) is 32.6. The lowest BCUT2D eigenvalue weighted by molar-refractivity contribution is 1.18. The van der Waals surface area contributed by atoms with Crippen LogP contribution in [0.25, 0.3) is 115 Å². The number of hydrogen-bond donors (Lipinski definition) is 0. The fourth-order valence-electron chi connectivity index (χ4n) is 10.4. The number of hydrogen-bond acceptors (Lipinski definition) is 2. The minimum atomic E-state index is 0.594. The summed E-state index contributed by atoms with van der Waals surface area (Å²) >= 11 is 0. The van der Waals surface area contributed by atoms with E-state index >= 15 is 0 Å². The first kappa shape index (κ1) is 33.3. The van der Waals surface area contributed by atoms with Crippen LogP contribution in [0.15, 0.2) is 188 Å². The van der Waals surface area contributed by atoms with Crippen LogP contribution in [0, 0.1) is 22.7 Å². The first-order valence-corrected chi connectivity index (χ1v) is 20.5. The molecule has 0 radical (unpaired) electrons. The summed E-state index contributed by atoms with van der Waals surface area (Å²) in [6.07, 6.45) is 0. The normalized spacial score (nSPS) is 11.9. The Morgan fingerprint density at radius 2 is 0.672 bits per heavy atom. The third-order valence-electron chi connectivity index (χ3n) is 12.8. The lowest BCUT2D eigenvalue weighted by Crippen LogP contribution is -1.96. The van der Waals surface area contributed by atoms with E-state index in [1.807, 2.05) is 12.1 Å². The lowest BCUT2D eigenvalue weighted by atomic mass is 9.94. The number of aromatic nitrogens is 3. The van der Waals surface area contributed by atoms with Crippen LogP contribution in [0.3, 0.4) is 0 Å². The molecule has 0 fully saturated rings. The number of para-hydroxylation sites is 7. The molecule has 0 N–H and O–H groups in total. The molecule has 5 nitrogen and oxygen atoms in total. The fourth-order valence-corrected chi connectivity index (χ4v) is 10.4. The Kier molecular flexibility index (Phi) is 6.80. The van der Waals surface area contributed by atoms with Gasteiger partial charge in [0.25, 0.3) is 0 Å². The lowest BCUT2D eigenvalue weighted by Gasteiger charge is -2.14. The number of fused-ring (bicyclic) bond motifs is 12. The first-order chi connectivity index (χ1) is 30.2. The molecule has 0 aliphatic rings. The highest BCUT2D eigenvalue weighted by Crippen LogP contribution is 2.46. The van der Waals surface area contributed by atoms with Gasteiger partial charge in [0.05, 0.1) is 61.9 Å². The average Bonchev–Trinajstić information content (AvgIpc) is 4.05. The molecule has 13 aromatic rings. The quantitative estimate of drug-likeness (QED) is 0.179. The van der Waals surface area contributed by atoms with E-state index in [1.54, 1.807) is 0 Å². The maximum absolute atomic E-state index is 11.0. The highest BCUT2D eigenvalue weighted by molar-refractivity contribution is 6.25.